The van der Waals surface area contributed by atoms with Gasteiger partial charge in [-0.05, 0) is 19.1 Å². The van der Waals surface area contributed by atoms with Crippen molar-refractivity contribution in [2.45, 2.75) is 25.7 Å². The number of carbonyl (C=O) groups excluding carboxylic acids is 1. The Labute approximate surface area is 102 Å². The molecule has 0 bridgehead atoms. The summed E-state index contributed by atoms with van der Waals surface area (Å²) in [6.07, 6.45) is -4.03. The van der Waals surface area contributed by atoms with E-state index >= 15 is 0 Å². The van der Waals surface area contributed by atoms with E-state index in [0.29, 0.717) is 5.69 Å². The lowest BCUT2D eigenvalue weighted by molar-refractivity contribution is -0.185. The van der Waals surface area contributed by atoms with Gasteiger partial charge >= 0.3 is 6.18 Å². The number of halogens is 3. The van der Waals surface area contributed by atoms with E-state index in [9.17, 15) is 18.0 Å². The molecule has 1 rings (SSSR count). The maximum atomic E-state index is 11.9. The highest BCUT2D eigenvalue weighted by atomic mass is 19.4. The van der Waals surface area contributed by atoms with Gasteiger partial charge in [0.15, 0.2) is 0 Å². The van der Waals surface area contributed by atoms with Gasteiger partial charge in [0.2, 0.25) is 5.91 Å². The average Bonchev–Trinajstić information content (AvgIpc) is 2.33. The molecule has 0 spiro atoms. The topological polar surface area (TPSA) is 51.2 Å². The SMILES string of the molecule is CC(OCC(F)(F)F)C(=O)NCc1ccccn1. The van der Waals surface area contributed by atoms with E-state index < -0.39 is 24.8 Å². The molecule has 0 aliphatic rings. The van der Waals surface area contributed by atoms with Gasteiger partial charge in [-0.15, -0.1) is 0 Å². The Morgan fingerprint density at radius 3 is 2.78 bits per heavy atom. The lowest BCUT2D eigenvalue weighted by atomic mass is 10.3. The number of alkyl halides is 3. The van der Waals surface area contributed by atoms with Crippen molar-refractivity contribution >= 4 is 5.91 Å². The van der Waals surface area contributed by atoms with E-state index in [1.807, 2.05) is 0 Å². The molecule has 100 valence electrons. The van der Waals surface area contributed by atoms with Crippen molar-refractivity contribution in [3.8, 4) is 0 Å². The third kappa shape index (κ3) is 5.62. The second-order valence-electron chi connectivity index (χ2n) is 3.61. The molecule has 1 amide bonds. The summed E-state index contributed by atoms with van der Waals surface area (Å²) < 4.78 is 40.0. The number of amides is 1. The Bertz CT molecular complexity index is 382. The van der Waals surface area contributed by atoms with Gasteiger partial charge in [0.25, 0.3) is 0 Å². The van der Waals surface area contributed by atoms with Crippen LogP contribution in [-0.2, 0) is 16.1 Å². The van der Waals surface area contributed by atoms with Gasteiger partial charge in [-0.1, -0.05) is 6.07 Å². The largest absolute Gasteiger partial charge is 0.411 e. The number of aromatic nitrogens is 1. The first-order chi connectivity index (χ1) is 8.38. The third-order valence-corrected chi connectivity index (χ3v) is 2.04. The lowest BCUT2D eigenvalue weighted by Crippen LogP contribution is -2.36. The van der Waals surface area contributed by atoms with Crippen molar-refractivity contribution in [3.05, 3.63) is 30.1 Å². The molecule has 0 saturated heterocycles. The van der Waals surface area contributed by atoms with Crippen LogP contribution in [0.5, 0.6) is 0 Å². The second-order valence-corrected chi connectivity index (χ2v) is 3.61. The van der Waals surface area contributed by atoms with Crippen molar-refractivity contribution in [1.29, 1.82) is 0 Å². The number of nitrogens with zero attached hydrogens (tertiary/aromatic N) is 1. The van der Waals surface area contributed by atoms with Gasteiger partial charge in [-0.3, -0.25) is 9.78 Å². The average molecular weight is 262 g/mol. The summed E-state index contributed by atoms with van der Waals surface area (Å²) in [7, 11) is 0. The van der Waals surface area contributed by atoms with Gasteiger partial charge in [-0.25, -0.2) is 0 Å². The van der Waals surface area contributed by atoms with Crippen LogP contribution in [0.3, 0.4) is 0 Å². The Morgan fingerprint density at radius 1 is 1.50 bits per heavy atom. The number of hydrogen-bond acceptors (Lipinski definition) is 3. The van der Waals surface area contributed by atoms with E-state index in [-0.39, 0.29) is 6.54 Å². The monoisotopic (exact) mass is 262 g/mol. The number of carbonyl (C=O) groups is 1. The maximum Gasteiger partial charge on any atom is 0.411 e. The molecular weight excluding hydrogens is 249 g/mol. The first-order valence-electron chi connectivity index (χ1n) is 5.24. The van der Waals surface area contributed by atoms with Crippen molar-refractivity contribution in [3.63, 3.8) is 0 Å². The lowest BCUT2D eigenvalue weighted by Gasteiger charge is -2.14. The van der Waals surface area contributed by atoms with Crippen LogP contribution in [0.25, 0.3) is 0 Å². The molecule has 1 aromatic rings. The molecule has 18 heavy (non-hydrogen) atoms. The standard InChI is InChI=1S/C11H13F3N2O2/c1-8(18-7-11(12,13)14)10(17)16-6-9-4-2-3-5-15-9/h2-5,8H,6-7H2,1H3,(H,16,17). The molecule has 0 aromatic carbocycles. The van der Waals surface area contributed by atoms with E-state index in [1.54, 1.807) is 24.4 Å². The summed E-state index contributed by atoms with van der Waals surface area (Å²) in [6, 6.07) is 5.17. The smallest absolute Gasteiger partial charge is 0.359 e. The second kappa shape index (κ2) is 6.34. The predicted octanol–water partition coefficient (Wildman–Crippen LogP) is 1.67. The molecular formula is C11H13F3N2O2. The molecule has 1 heterocycles. The van der Waals surface area contributed by atoms with Crippen LogP contribution in [0.15, 0.2) is 24.4 Å². The first-order valence-corrected chi connectivity index (χ1v) is 5.24. The Balaban J connectivity index is 2.32. The summed E-state index contributed by atoms with van der Waals surface area (Å²) in [4.78, 5) is 15.4. The molecule has 4 nitrogen and oxygen atoms in total. The van der Waals surface area contributed by atoms with Crippen molar-refractivity contribution in [2.24, 2.45) is 0 Å². The molecule has 0 aliphatic heterocycles. The normalized spacial score (nSPS) is 13.1. The van der Waals surface area contributed by atoms with Crippen LogP contribution in [0, 0.1) is 0 Å². The van der Waals surface area contributed by atoms with Crippen LogP contribution in [0.4, 0.5) is 13.2 Å². The molecule has 1 aromatic heterocycles. The van der Waals surface area contributed by atoms with Gasteiger partial charge < -0.3 is 10.1 Å². The van der Waals surface area contributed by atoms with Crippen LogP contribution in [-0.4, -0.2) is 29.8 Å². The molecule has 0 saturated carbocycles. The van der Waals surface area contributed by atoms with Gasteiger partial charge in [-0.2, -0.15) is 13.2 Å². The summed E-state index contributed by atoms with van der Waals surface area (Å²) in [6.45, 7) is -0.0237. The maximum absolute atomic E-state index is 11.9. The molecule has 0 fully saturated rings. The number of pyridine rings is 1. The highest BCUT2D eigenvalue weighted by Crippen LogP contribution is 2.15. The van der Waals surface area contributed by atoms with E-state index in [1.165, 1.54) is 6.92 Å². The summed E-state index contributed by atoms with van der Waals surface area (Å²) in [5.41, 5.74) is 0.619. The molecule has 0 aliphatic carbocycles. The molecule has 1 N–H and O–H groups in total. The number of ether oxygens (including phenoxy) is 1. The van der Waals surface area contributed by atoms with Gasteiger partial charge in [0.05, 0.1) is 12.2 Å². The van der Waals surface area contributed by atoms with Crippen molar-refractivity contribution in [1.82, 2.24) is 10.3 Å². The molecule has 0 radical (unpaired) electrons. The van der Waals surface area contributed by atoms with E-state index in [4.69, 9.17) is 0 Å². The van der Waals surface area contributed by atoms with Crippen LogP contribution in [0.1, 0.15) is 12.6 Å². The summed E-state index contributed by atoms with van der Waals surface area (Å²) in [5.74, 6) is -0.607. The minimum absolute atomic E-state index is 0.152. The predicted molar refractivity (Wildman–Crippen MR) is 57.6 cm³/mol. The number of nitrogens with one attached hydrogen (secondary N) is 1. The van der Waals surface area contributed by atoms with E-state index in [0.717, 1.165) is 0 Å². The molecule has 1 unspecified atom stereocenters. The summed E-state index contributed by atoms with van der Waals surface area (Å²) in [5, 5.41) is 2.44. The van der Waals surface area contributed by atoms with Crippen LogP contribution < -0.4 is 5.32 Å². The number of hydrogen-bond donors (Lipinski definition) is 1. The highest BCUT2D eigenvalue weighted by molar-refractivity contribution is 5.80. The van der Waals surface area contributed by atoms with Crippen LogP contribution in [0.2, 0.25) is 0 Å². The zero-order valence-electron chi connectivity index (χ0n) is 9.70. The Morgan fingerprint density at radius 2 is 2.22 bits per heavy atom. The number of rotatable bonds is 5. The molecule has 7 heteroatoms. The molecule has 1 atom stereocenters. The zero-order chi connectivity index (χ0) is 13.6. The minimum Gasteiger partial charge on any atom is -0.359 e. The fourth-order valence-corrected chi connectivity index (χ4v) is 1.12. The summed E-state index contributed by atoms with van der Waals surface area (Å²) >= 11 is 0. The quantitative estimate of drug-likeness (QED) is 0.878. The van der Waals surface area contributed by atoms with Crippen molar-refractivity contribution in [2.75, 3.05) is 6.61 Å². The zero-order valence-corrected chi connectivity index (χ0v) is 9.70. The Kier molecular flexibility index (Phi) is 5.08. The van der Waals surface area contributed by atoms with Crippen LogP contribution >= 0.6 is 0 Å². The first kappa shape index (κ1) is 14.4. The third-order valence-electron chi connectivity index (χ3n) is 2.04. The highest BCUT2D eigenvalue weighted by Gasteiger charge is 2.29. The van der Waals surface area contributed by atoms with Crippen molar-refractivity contribution < 1.29 is 22.7 Å². The minimum atomic E-state index is -4.43. The fourth-order valence-electron chi connectivity index (χ4n) is 1.12. The van der Waals surface area contributed by atoms with Gasteiger partial charge in [0, 0.05) is 6.20 Å². The van der Waals surface area contributed by atoms with E-state index in [2.05, 4.69) is 15.0 Å². The Hall–Kier alpha value is -1.63. The fraction of sp³-hybridized carbons (Fsp3) is 0.455. The van der Waals surface area contributed by atoms with Gasteiger partial charge in [0.1, 0.15) is 12.7 Å².